The fourth-order valence-corrected chi connectivity index (χ4v) is 11.6. The largest absolute Gasteiger partial charge is 0.417 e. The molecule has 0 bridgehead atoms. The van der Waals surface area contributed by atoms with E-state index in [9.17, 15) is 0 Å². The van der Waals surface area contributed by atoms with Gasteiger partial charge in [-0.25, -0.2) is 0 Å². The van der Waals surface area contributed by atoms with E-state index >= 15 is 0 Å². The average molecular weight is 203 g/mol. The second-order valence-corrected chi connectivity index (χ2v) is 11.4. The van der Waals surface area contributed by atoms with Crippen molar-refractivity contribution in [3.63, 3.8) is 0 Å². The third kappa shape index (κ3) is 3.34. The van der Waals surface area contributed by atoms with Crippen molar-refractivity contribution in [2.24, 2.45) is 0 Å². The van der Waals surface area contributed by atoms with E-state index in [1.54, 1.807) is 0 Å². The first-order chi connectivity index (χ1) is 5.33. The molecule has 0 amide bonds. The van der Waals surface area contributed by atoms with E-state index in [0.717, 1.165) is 0 Å². The number of hydrogen-bond donors (Lipinski definition) is 1. The number of rotatable bonds is 2. The fraction of sp³-hybridized carbons (Fsp3) is 0.600. The van der Waals surface area contributed by atoms with Crippen molar-refractivity contribution in [2.45, 2.75) is 13.3 Å². The zero-order valence-corrected chi connectivity index (χ0v) is 11.6. The van der Waals surface area contributed by atoms with E-state index in [0.29, 0.717) is 0 Å². The van der Waals surface area contributed by atoms with Crippen LogP contribution in [0.3, 0.4) is 0 Å². The second kappa shape index (κ2) is 4.88. The molecule has 0 aromatic heterocycles. The zero-order valence-electron chi connectivity index (χ0n) is 7.38. The molecule has 11 heavy (non-hydrogen) atoms. The minimum atomic E-state index is -0.0513. The molecule has 1 rings (SSSR count). The Bertz CT molecular complexity index is 141. The lowest BCUT2D eigenvalue weighted by atomic mass is 10.5. The van der Waals surface area contributed by atoms with Crippen molar-refractivity contribution in [1.82, 2.24) is 13.1 Å². The Kier molecular flexibility index (Phi) is 4.08. The molecule has 0 radical (unpaired) electrons. The lowest BCUT2D eigenvalue weighted by Gasteiger charge is -2.32. The van der Waals surface area contributed by atoms with Gasteiger partial charge in [0, 0.05) is 0 Å². The summed E-state index contributed by atoms with van der Waals surface area (Å²) in [5, 5.41) is 0. The van der Waals surface area contributed by atoms with Crippen LogP contribution in [0, 0.1) is 0 Å². The topological polar surface area (TPSA) is 18.5 Å². The molecule has 64 valence electrons. The first-order valence-corrected chi connectivity index (χ1v) is 8.07. The van der Waals surface area contributed by atoms with Crippen molar-refractivity contribution in [2.75, 3.05) is 7.05 Å². The minimum absolute atomic E-state index is 0.00904. The Labute approximate surface area is 75.8 Å². The van der Waals surface area contributed by atoms with Crippen molar-refractivity contribution < 1.29 is 0 Å². The lowest BCUT2D eigenvalue weighted by Crippen LogP contribution is -2.56. The predicted molar refractivity (Wildman–Crippen MR) is 57.8 cm³/mol. The van der Waals surface area contributed by atoms with Crippen molar-refractivity contribution in [3.8, 4) is 0 Å². The van der Waals surface area contributed by atoms with Gasteiger partial charge in [0.25, 0.3) is 0 Å². The van der Waals surface area contributed by atoms with Gasteiger partial charge in [0.2, 0.25) is 0 Å². The van der Waals surface area contributed by atoms with Gasteiger partial charge in [-0.3, -0.25) is 0 Å². The Balaban J connectivity index is 2.28. The van der Waals surface area contributed by atoms with E-state index in [1.807, 2.05) is 0 Å². The Morgan fingerprint density at radius 3 is 2.91 bits per heavy atom. The molecule has 0 unspecified atom stereocenters. The summed E-state index contributed by atoms with van der Waals surface area (Å²) in [4.78, 5) is 0. The molecule has 1 aliphatic rings. The molecule has 0 atom stereocenters. The van der Waals surface area contributed by atoms with Crippen LogP contribution in [0.15, 0.2) is 12.3 Å². The number of hydrogen-bond acceptors (Lipinski definition) is 3. The molecule has 1 heterocycles. The Morgan fingerprint density at radius 1 is 1.45 bits per heavy atom. The summed E-state index contributed by atoms with van der Waals surface area (Å²) in [6, 6.07) is 0. The fourth-order valence-electron chi connectivity index (χ4n) is 1.15. The van der Waals surface area contributed by atoms with Gasteiger partial charge in [-0.15, -0.1) is 0 Å². The maximum atomic E-state index is 3.61. The standard InChI is InChI=1S/C5H17N3Si3/c1-3-4-5-8-10-6-9-7(2)11-8/h4-6H,3,9-11H2,1-2H3. The van der Waals surface area contributed by atoms with Crippen molar-refractivity contribution in [1.29, 1.82) is 0 Å². The van der Waals surface area contributed by atoms with Crippen molar-refractivity contribution >= 4 is 29.5 Å². The quantitative estimate of drug-likeness (QED) is 0.512. The van der Waals surface area contributed by atoms with Crippen LogP contribution in [0.5, 0.6) is 0 Å². The van der Waals surface area contributed by atoms with Crippen LogP contribution in [0.4, 0.5) is 0 Å². The summed E-state index contributed by atoms with van der Waals surface area (Å²) in [5.74, 6) is 0. The Hall–Kier alpha value is 0.111. The molecule has 1 aliphatic heterocycles. The van der Waals surface area contributed by atoms with Gasteiger partial charge in [0.1, 0.15) is 0 Å². The summed E-state index contributed by atoms with van der Waals surface area (Å²) < 4.78 is 8.73. The SMILES string of the molecule is CCC=CN1[SiH2]N[SiH2]N(C)[SiH2]1. The number of nitrogens with zero attached hydrogens (tertiary/aromatic N) is 2. The Morgan fingerprint density at radius 2 is 2.27 bits per heavy atom. The molecule has 0 aromatic carbocycles. The molecule has 1 N–H and O–H groups in total. The van der Waals surface area contributed by atoms with Crippen LogP contribution in [0.25, 0.3) is 0 Å². The first kappa shape index (κ1) is 9.20. The highest BCUT2D eigenvalue weighted by Gasteiger charge is 2.10. The zero-order chi connectivity index (χ0) is 8.10. The van der Waals surface area contributed by atoms with Crippen LogP contribution in [0.1, 0.15) is 13.3 Å². The molecule has 1 saturated heterocycles. The van der Waals surface area contributed by atoms with E-state index < -0.39 is 0 Å². The maximum Gasteiger partial charge on any atom is 0.187 e. The molecular formula is C5H17N3Si3. The molecule has 6 heteroatoms. The van der Waals surface area contributed by atoms with E-state index in [2.05, 4.69) is 39.4 Å². The van der Waals surface area contributed by atoms with Crippen LogP contribution in [-0.4, -0.2) is 45.0 Å². The molecule has 0 spiro atoms. The van der Waals surface area contributed by atoms with Gasteiger partial charge in [0.15, 0.2) is 29.5 Å². The number of nitrogens with one attached hydrogen (secondary N) is 1. The summed E-state index contributed by atoms with van der Waals surface area (Å²) in [5.41, 5.74) is 0. The van der Waals surface area contributed by atoms with Gasteiger partial charge >= 0.3 is 0 Å². The monoisotopic (exact) mass is 203 g/mol. The summed E-state index contributed by atoms with van der Waals surface area (Å²) in [6.07, 6.45) is 5.73. The smallest absolute Gasteiger partial charge is 0.187 e. The predicted octanol–water partition coefficient (Wildman–Crippen LogP) is -2.26. The van der Waals surface area contributed by atoms with Gasteiger partial charge in [-0.2, -0.15) is 0 Å². The van der Waals surface area contributed by atoms with E-state index in [1.165, 1.54) is 6.42 Å². The van der Waals surface area contributed by atoms with E-state index in [4.69, 9.17) is 0 Å². The summed E-state index contributed by atoms with van der Waals surface area (Å²) in [6.45, 7) is 2.19. The van der Waals surface area contributed by atoms with Crippen LogP contribution >= 0.6 is 0 Å². The summed E-state index contributed by atoms with van der Waals surface area (Å²) >= 11 is 0. The molecule has 1 fully saturated rings. The molecule has 0 saturated carbocycles. The summed E-state index contributed by atoms with van der Waals surface area (Å²) in [7, 11) is 2.18. The number of allylic oxidation sites excluding steroid dienone is 1. The lowest BCUT2D eigenvalue weighted by molar-refractivity contribution is 0.721. The van der Waals surface area contributed by atoms with Crippen LogP contribution in [0.2, 0.25) is 0 Å². The highest BCUT2D eigenvalue weighted by Crippen LogP contribution is 1.91. The average Bonchev–Trinajstić information content (AvgIpc) is 2.01. The van der Waals surface area contributed by atoms with Gasteiger partial charge in [-0.1, -0.05) is 13.0 Å². The van der Waals surface area contributed by atoms with Crippen LogP contribution < -0.4 is 4.65 Å². The molecule has 3 nitrogen and oxygen atoms in total. The third-order valence-electron chi connectivity index (χ3n) is 1.67. The first-order valence-electron chi connectivity index (χ1n) is 4.13. The third-order valence-corrected chi connectivity index (χ3v) is 8.22. The normalized spacial score (nSPS) is 28.0. The highest BCUT2D eigenvalue weighted by molar-refractivity contribution is 6.65. The molecule has 0 aliphatic carbocycles. The van der Waals surface area contributed by atoms with Gasteiger partial charge in [-0.05, 0) is 19.7 Å². The molecule has 0 aromatic rings. The van der Waals surface area contributed by atoms with Crippen molar-refractivity contribution in [3.05, 3.63) is 12.3 Å². The van der Waals surface area contributed by atoms with Gasteiger partial charge < -0.3 is 13.1 Å². The molecular weight excluding hydrogens is 186 g/mol. The minimum Gasteiger partial charge on any atom is -0.417 e. The highest BCUT2D eigenvalue weighted by atomic mass is 28.4. The van der Waals surface area contributed by atoms with Crippen LogP contribution in [-0.2, 0) is 0 Å². The van der Waals surface area contributed by atoms with Gasteiger partial charge in [0.05, 0.1) is 0 Å². The second-order valence-electron chi connectivity index (χ2n) is 2.95. The maximum absolute atomic E-state index is 3.61. The van der Waals surface area contributed by atoms with E-state index in [-0.39, 0.29) is 29.5 Å².